The maximum atomic E-state index is 13.2. The molecule has 51 heavy (non-hydrogen) atoms. The van der Waals surface area contributed by atoms with Crippen LogP contribution < -0.4 is 59.1 Å². The molecule has 0 spiro atoms. The quantitative estimate of drug-likeness (QED) is 0.0952. The summed E-state index contributed by atoms with van der Waals surface area (Å²) in [5, 5.41) is 0. The van der Waals surface area contributed by atoms with Crippen LogP contribution >= 0.6 is 0 Å². The van der Waals surface area contributed by atoms with Gasteiger partial charge in [-0.05, 0) is 59.1 Å². The Labute approximate surface area is 333 Å². The SMILES string of the molecule is FCF.FCF.FCF.O=C(c1c[c-]c(F)cc1)c1ccc(CF)cc1.O=C(c1ccc(F)cc1)c1ccc(F)c(S(=O)[O-])c1.O=S(=O)=O.[Na+].[Na+]. The van der Waals surface area contributed by atoms with Gasteiger partial charge in [0.2, 0.25) is 20.8 Å². The molecule has 0 aromatic heterocycles. The van der Waals surface area contributed by atoms with Gasteiger partial charge in [-0.15, -0.1) is 24.8 Å². The predicted octanol–water partition coefficient (Wildman–Crippen LogP) is 1.41. The van der Waals surface area contributed by atoms with E-state index in [1.165, 1.54) is 36.4 Å². The van der Waals surface area contributed by atoms with Gasteiger partial charge in [0.25, 0.3) is 0 Å². The first-order valence-electron chi connectivity index (χ1n) is 12.4. The van der Waals surface area contributed by atoms with E-state index < -0.39 is 77.3 Å². The van der Waals surface area contributed by atoms with Crippen LogP contribution in [0.3, 0.4) is 0 Å². The first-order valence-corrected chi connectivity index (χ1v) is 14.4. The van der Waals surface area contributed by atoms with E-state index in [4.69, 9.17) is 12.6 Å². The van der Waals surface area contributed by atoms with Crippen LogP contribution in [0.5, 0.6) is 0 Å². The summed E-state index contributed by atoms with van der Waals surface area (Å²) < 4.78 is 155. The molecule has 7 nitrogen and oxygen atoms in total. The zero-order chi connectivity index (χ0) is 37.9. The number of ketones is 2. The number of halogens is 10. The molecule has 1 unspecified atom stereocenters. The molecule has 4 aromatic carbocycles. The molecule has 4 aromatic rings. The minimum atomic E-state index is -3.11. The molecule has 268 valence electrons. The van der Waals surface area contributed by atoms with E-state index in [0.29, 0.717) is 16.7 Å². The average molecular weight is 795 g/mol. The second-order valence-corrected chi connectivity index (χ2v) is 9.13. The fourth-order valence-electron chi connectivity index (χ4n) is 3.00. The maximum absolute atomic E-state index is 13.2. The predicted molar refractivity (Wildman–Crippen MR) is 154 cm³/mol. The standard InChI is InChI=1S/C14H9F2O.C13H8F2O3S.3CH2F2.2Na.O3S/c15-9-10-1-3-11(4-2-10)14(17)12-5-7-13(16)8-6-12;14-10-4-1-8(2-5-10)13(16)9-3-6-11(15)12(7-9)19(17)18;3*2-1-3;;;1-4(2)3/h1-7H,9H2;1-7H,(H,17,18);3*1H2;;;/q-1;;;;;2*+1;/p-1. The van der Waals surface area contributed by atoms with E-state index in [-0.39, 0.29) is 76.0 Å². The zero-order valence-corrected chi connectivity index (χ0v) is 32.0. The van der Waals surface area contributed by atoms with Gasteiger partial charge in [-0.3, -0.25) is 9.00 Å². The summed E-state index contributed by atoms with van der Waals surface area (Å²) in [4.78, 5) is 23.3. The fraction of sp³-hybridized carbons (Fsp3) is 0.133. The van der Waals surface area contributed by atoms with Crippen molar-refractivity contribution in [2.75, 3.05) is 20.8 Å². The third kappa shape index (κ3) is 25.0. The van der Waals surface area contributed by atoms with Crippen LogP contribution in [0.4, 0.5) is 43.9 Å². The number of hydrogen-bond acceptors (Lipinski definition) is 7. The Bertz CT molecular complexity index is 1680. The first-order chi connectivity index (χ1) is 23.2. The summed E-state index contributed by atoms with van der Waals surface area (Å²) in [7, 11) is -3.11. The minimum absolute atomic E-state index is 0. The molecule has 0 saturated heterocycles. The van der Waals surface area contributed by atoms with Gasteiger partial charge in [0, 0.05) is 22.5 Å². The molecular weight excluding hydrogens is 772 g/mol. The third-order valence-electron chi connectivity index (χ3n) is 4.89. The molecule has 0 aliphatic carbocycles. The van der Waals surface area contributed by atoms with E-state index >= 15 is 0 Å². The van der Waals surface area contributed by atoms with Crippen molar-refractivity contribution in [3.8, 4) is 0 Å². The minimum Gasteiger partial charge on any atom is -0.768 e. The van der Waals surface area contributed by atoms with Gasteiger partial charge in [-0.25, -0.2) is 43.9 Å². The first kappa shape index (κ1) is 55.0. The van der Waals surface area contributed by atoms with Crippen molar-refractivity contribution in [2.45, 2.75) is 11.6 Å². The van der Waals surface area contributed by atoms with Crippen molar-refractivity contribution >= 4 is 33.3 Å². The molecule has 0 fully saturated rings. The molecule has 0 radical (unpaired) electrons. The molecule has 21 heteroatoms. The zero-order valence-electron chi connectivity index (χ0n) is 26.4. The van der Waals surface area contributed by atoms with Crippen molar-refractivity contribution in [1.82, 2.24) is 0 Å². The molecule has 0 bridgehead atoms. The maximum Gasteiger partial charge on any atom is 1.00 e. The molecule has 1 atom stereocenters. The van der Waals surface area contributed by atoms with Crippen LogP contribution in [0, 0.1) is 23.5 Å². The van der Waals surface area contributed by atoms with Crippen LogP contribution in [-0.2, 0) is 28.4 Å². The molecule has 4 rings (SSSR count). The monoisotopic (exact) mass is 794 g/mol. The van der Waals surface area contributed by atoms with Gasteiger partial charge in [0.15, 0.2) is 5.78 Å². The Kier molecular flexibility index (Phi) is 35.7. The van der Waals surface area contributed by atoms with Gasteiger partial charge in [-0.2, -0.15) is 12.1 Å². The Balaban J connectivity index is -0.000000316. The number of rotatable bonds is 6. The van der Waals surface area contributed by atoms with E-state index in [0.717, 1.165) is 24.3 Å². The normalized spacial score (nSPS) is 9.47. The molecule has 0 amide bonds. The molecule has 0 aliphatic heterocycles. The van der Waals surface area contributed by atoms with Gasteiger partial charge >= 0.3 is 69.7 Å². The second-order valence-electron chi connectivity index (χ2n) is 7.81. The number of benzene rings is 4. The summed E-state index contributed by atoms with van der Waals surface area (Å²) >= 11 is -2.76. The van der Waals surface area contributed by atoms with Crippen LogP contribution in [0.2, 0.25) is 0 Å². The van der Waals surface area contributed by atoms with Gasteiger partial charge < -0.3 is 9.35 Å². The van der Waals surface area contributed by atoms with Crippen LogP contribution in [-0.4, -0.2) is 53.7 Å². The Morgan fingerprint density at radius 3 is 1.33 bits per heavy atom. The van der Waals surface area contributed by atoms with E-state index in [9.17, 15) is 62.3 Å². The second kappa shape index (κ2) is 33.1. The van der Waals surface area contributed by atoms with E-state index in [1.54, 1.807) is 24.3 Å². The summed E-state index contributed by atoms with van der Waals surface area (Å²) in [5.74, 6) is -2.66. The van der Waals surface area contributed by atoms with Gasteiger partial charge in [0.1, 0.15) is 24.1 Å². The average Bonchev–Trinajstić information content (AvgIpc) is 3.06. The van der Waals surface area contributed by atoms with Crippen molar-refractivity contribution in [1.29, 1.82) is 0 Å². The third-order valence-corrected chi connectivity index (χ3v) is 5.56. The molecule has 0 saturated carbocycles. The molecule has 0 heterocycles. The molecular formula is C30H22F10Na2O7S2. The van der Waals surface area contributed by atoms with Crippen molar-refractivity contribution < 1.29 is 134 Å². The Hall–Kier alpha value is -2.75. The Morgan fingerprint density at radius 1 is 0.588 bits per heavy atom. The van der Waals surface area contributed by atoms with Gasteiger partial charge in [0.05, 0.1) is 4.90 Å². The number of carbonyl (C=O) groups excluding carboxylic acids is 2. The van der Waals surface area contributed by atoms with Crippen LogP contribution in [0.25, 0.3) is 0 Å². The van der Waals surface area contributed by atoms with Crippen molar-refractivity contribution in [3.63, 3.8) is 0 Å². The number of alkyl halides is 7. The summed E-state index contributed by atoms with van der Waals surface area (Å²) in [6.45, 7) is -5.81. The number of hydrogen-bond donors (Lipinski definition) is 0. The summed E-state index contributed by atoms with van der Waals surface area (Å²) in [5.41, 5.74) is 1.54. The topological polar surface area (TPSA) is 125 Å². The summed E-state index contributed by atoms with van der Waals surface area (Å²) in [6, 6.07) is 20.2. The van der Waals surface area contributed by atoms with Crippen molar-refractivity contribution in [2.24, 2.45) is 0 Å². The van der Waals surface area contributed by atoms with Crippen LogP contribution in [0.1, 0.15) is 37.4 Å². The largest absolute Gasteiger partial charge is 1.00 e. The van der Waals surface area contributed by atoms with Gasteiger partial charge in [-0.1, -0.05) is 29.8 Å². The molecule has 0 N–H and O–H groups in total. The smallest absolute Gasteiger partial charge is 0.768 e. The van der Waals surface area contributed by atoms with E-state index in [2.05, 4.69) is 6.07 Å². The Morgan fingerprint density at radius 2 is 0.961 bits per heavy atom. The van der Waals surface area contributed by atoms with E-state index in [1.807, 2.05) is 0 Å². The van der Waals surface area contributed by atoms with Crippen molar-refractivity contribution in [3.05, 3.63) is 136 Å². The fourth-order valence-corrected chi connectivity index (χ4v) is 3.45. The number of carbonyl (C=O) groups is 2. The summed E-state index contributed by atoms with van der Waals surface area (Å²) in [6.07, 6.45) is 0. The molecule has 0 aliphatic rings. The van der Waals surface area contributed by atoms with Crippen LogP contribution in [0.15, 0.2) is 89.8 Å².